The van der Waals surface area contributed by atoms with Crippen LogP contribution < -0.4 is 10.6 Å². The van der Waals surface area contributed by atoms with Crippen molar-refractivity contribution in [2.24, 2.45) is 11.8 Å². The van der Waals surface area contributed by atoms with E-state index in [1.54, 1.807) is 0 Å². The average molecular weight is 324 g/mol. The maximum atomic E-state index is 11.7. The molecule has 126 valence electrons. The molecule has 0 aliphatic carbocycles. The maximum Gasteiger partial charge on any atom is 0.226 e. The van der Waals surface area contributed by atoms with E-state index in [0.717, 1.165) is 22.5 Å². The lowest BCUT2D eigenvalue weighted by Crippen LogP contribution is -2.17. The lowest BCUT2D eigenvalue weighted by Gasteiger charge is -2.10. The molecule has 4 nitrogen and oxygen atoms in total. The van der Waals surface area contributed by atoms with Gasteiger partial charge < -0.3 is 10.6 Å². The highest BCUT2D eigenvalue weighted by atomic mass is 16.2. The van der Waals surface area contributed by atoms with Crippen LogP contribution in [-0.4, -0.2) is 11.8 Å². The number of carbonyl (C=O) groups is 2. The van der Waals surface area contributed by atoms with Gasteiger partial charge in [0, 0.05) is 23.2 Å². The highest BCUT2D eigenvalue weighted by Gasteiger charge is 2.08. The lowest BCUT2D eigenvalue weighted by molar-refractivity contribution is -0.119. The number of nitrogens with one attached hydrogen (secondary N) is 2. The second-order valence-corrected chi connectivity index (χ2v) is 6.44. The molecule has 24 heavy (non-hydrogen) atoms. The number of amides is 2. The molecular formula is C20H24N2O2. The SMILES string of the molecule is CC(C)C(=O)Nc1ccc(-c2ccc(NC(=O)C(C)C)cc2)cc1. The molecule has 2 rings (SSSR count). The first-order chi connectivity index (χ1) is 11.4. The van der Waals surface area contributed by atoms with Crippen LogP contribution >= 0.6 is 0 Å². The maximum absolute atomic E-state index is 11.7. The summed E-state index contributed by atoms with van der Waals surface area (Å²) in [5, 5.41) is 5.75. The summed E-state index contributed by atoms with van der Waals surface area (Å²) in [5.74, 6) is -0.0717. The van der Waals surface area contributed by atoms with Crippen molar-refractivity contribution in [3.63, 3.8) is 0 Å². The number of benzene rings is 2. The third-order valence-electron chi connectivity index (χ3n) is 3.69. The van der Waals surface area contributed by atoms with Crippen LogP contribution in [0.15, 0.2) is 48.5 Å². The third-order valence-corrected chi connectivity index (χ3v) is 3.69. The van der Waals surface area contributed by atoms with Gasteiger partial charge in [-0.25, -0.2) is 0 Å². The number of hydrogen-bond donors (Lipinski definition) is 2. The van der Waals surface area contributed by atoms with Crippen molar-refractivity contribution in [2.45, 2.75) is 27.7 Å². The summed E-state index contributed by atoms with van der Waals surface area (Å²) in [6.45, 7) is 7.46. The number of hydrogen-bond acceptors (Lipinski definition) is 2. The fraction of sp³-hybridized carbons (Fsp3) is 0.300. The molecule has 2 N–H and O–H groups in total. The van der Waals surface area contributed by atoms with E-state index in [-0.39, 0.29) is 23.7 Å². The van der Waals surface area contributed by atoms with E-state index in [2.05, 4.69) is 10.6 Å². The Morgan fingerprint density at radius 3 is 1.17 bits per heavy atom. The molecule has 0 aliphatic heterocycles. The van der Waals surface area contributed by atoms with Gasteiger partial charge in [0.15, 0.2) is 0 Å². The number of anilines is 2. The largest absolute Gasteiger partial charge is 0.326 e. The molecule has 0 aromatic heterocycles. The van der Waals surface area contributed by atoms with Crippen molar-refractivity contribution < 1.29 is 9.59 Å². The highest BCUT2D eigenvalue weighted by molar-refractivity contribution is 5.93. The Kier molecular flexibility index (Phi) is 5.74. The molecule has 0 spiro atoms. The van der Waals surface area contributed by atoms with Crippen LogP contribution in [0.2, 0.25) is 0 Å². The van der Waals surface area contributed by atoms with Gasteiger partial charge in [-0.15, -0.1) is 0 Å². The van der Waals surface area contributed by atoms with E-state index in [0.29, 0.717) is 0 Å². The first kappa shape index (κ1) is 17.7. The predicted molar refractivity (Wildman–Crippen MR) is 98.8 cm³/mol. The van der Waals surface area contributed by atoms with Crippen molar-refractivity contribution in [1.82, 2.24) is 0 Å². The second kappa shape index (κ2) is 7.77. The summed E-state index contributed by atoms with van der Waals surface area (Å²) >= 11 is 0. The summed E-state index contributed by atoms with van der Waals surface area (Å²) in [5.41, 5.74) is 3.69. The van der Waals surface area contributed by atoms with Gasteiger partial charge in [-0.05, 0) is 35.4 Å². The van der Waals surface area contributed by atoms with Gasteiger partial charge in [0.25, 0.3) is 0 Å². The normalized spacial score (nSPS) is 10.8. The molecule has 0 saturated carbocycles. The van der Waals surface area contributed by atoms with Gasteiger partial charge >= 0.3 is 0 Å². The zero-order valence-electron chi connectivity index (χ0n) is 14.6. The first-order valence-electron chi connectivity index (χ1n) is 8.19. The molecular weight excluding hydrogens is 300 g/mol. The van der Waals surface area contributed by atoms with E-state index < -0.39 is 0 Å². The topological polar surface area (TPSA) is 58.2 Å². The van der Waals surface area contributed by atoms with Crippen molar-refractivity contribution in [1.29, 1.82) is 0 Å². The Balaban J connectivity index is 2.06. The van der Waals surface area contributed by atoms with Crippen LogP contribution in [-0.2, 0) is 9.59 Å². The van der Waals surface area contributed by atoms with Crippen LogP contribution in [0.3, 0.4) is 0 Å². The van der Waals surface area contributed by atoms with Gasteiger partial charge in [-0.2, -0.15) is 0 Å². The molecule has 4 heteroatoms. The van der Waals surface area contributed by atoms with E-state index in [4.69, 9.17) is 0 Å². The molecule has 0 heterocycles. The van der Waals surface area contributed by atoms with Gasteiger partial charge in [0.05, 0.1) is 0 Å². The number of rotatable bonds is 5. The van der Waals surface area contributed by atoms with E-state index >= 15 is 0 Å². The minimum absolute atomic E-state index is 0.00740. The monoisotopic (exact) mass is 324 g/mol. The summed E-state index contributed by atoms with van der Waals surface area (Å²) in [4.78, 5) is 23.4. The van der Waals surface area contributed by atoms with Crippen molar-refractivity contribution in [3.05, 3.63) is 48.5 Å². The number of carbonyl (C=O) groups excluding carboxylic acids is 2. The fourth-order valence-corrected chi connectivity index (χ4v) is 2.07. The molecule has 0 fully saturated rings. The Bertz CT molecular complexity index is 638. The fourth-order valence-electron chi connectivity index (χ4n) is 2.07. The van der Waals surface area contributed by atoms with Gasteiger partial charge in [0.1, 0.15) is 0 Å². The minimum atomic E-state index is -0.0433. The molecule has 0 unspecified atom stereocenters. The van der Waals surface area contributed by atoms with Crippen molar-refractivity contribution >= 4 is 23.2 Å². The Morgan fingerprint density at radius 2 is 0.917 bits per heavy atom. The van der Waals surface area contributed by atoms with Crippen LogP contribution in [0.1, 0.15) is 27.7 Å². The van der Waals surface area contributed by atoms with Gasteiger partial charge in [0.2, 0.25) is 11.8 Å². The van der Waals surface area contributed by atoms with E-state index in [1.807, 2.05) is 76.2 Å². The van der Waals surface area contributed by atoms with Gasteiger partial charge in [-0.1, -0.05) is 52.0 Å². The summed E-state index contributed by atoms with van der Waals surface area (Å²) < 4.78 is 0. The van der Waals surface area contributed by atoms with Crippen LogP contribution in [0, 0.1) is 11.8 Å². The van der Waals surface area contributed by atoms with Crippen LogP contribution in [0.4, 0.5) is 11.4 Å². The van der Waals surface area contributed by atoms with E-state index in [9.17, 15) is 9.59 Å². The zero-order chi connectivity index (χ0) is 17.7. The standard InChI is InChI=1S/C20H24N2O2/c1-13(2)19(23)21-17-9-5-15(6-10-17)16-7-11-18(12-8-16)22-20(24)14(3)4/h5-14H,1-4H3,(H,21,23)(H,22,24). The van der Waals surface area contributed by atoms with Crippen molar-refractivity contribution in [3.8, 4) is 11.1 Å². The molecule has 0 radical (unpaired) electrons. The minimum Gasteiger partial charge on any atom is -0.326 e. The Hall–Kier alpha value is -2.62. The highest BCUT2D eigenvalue weighted by Crippen LogP contribution is 2.23. The van der Waals surface area contributed by atoms with Gasteiger partial charge in [-0.3, -0.25) is 9.59 Å². The predicted octanol–water partition coefficient (Wildman–Crippen LogP) is 4.54. The molecule has 0 saturated heterocycles. The molecule has 2 aromatic carbocycles. The molecule has 2 aromatic rings. The van der Waals surface area contributed by atoms with Crippen molar-refractivity contribution in [2.75, 3.05) is 10.6 Å². The van der Waals surface area contributed by atoms with Crippen LogP contribution in [0.25, 0.3) is 11.1 Å². The zero-order valence-corrected chi connectivity index (χ0v) is 14.6. The Morgan fingerprint density at radius 1 is 0.625 bits per heavy atom. The first-order valence-corrected chi connectivity index (χ1v) is 8.19. The van der Waals surface area contributed by atoms with E-state index in [1.165, 1.54) is 0 Å². The second-order valence-electron chi connectivity index (χ2n) is 6.44. The smallest absolute Gasteiger partial charge is 0.226 e. The molecule has 0 atom stereocenters. The summed E-state index contributed by atoms with van der Waals surface area (Å²) in [6, 6.07) is 15.5. The lowest BCUT2D eigenvalue weighted by atomic mass is 10.0. The average Bonchev–Trinajstić information content (AvgIpc) is 2.56. The molecule has 2 amide bonds. The third kappa shape index (κ3) is 4.69. The summed E-state index contributed by atoms with van der Waals surface area (Å²) in [7, 11) is 0. The summed E-state index contributed by atoms with van der Waals surface area (Å²) in [6.07, 6.45) is 0. The molecule has 0 bridgehead atoms. The quantitative estimate of drug-likeness (QED) is 0.848. The van der Waals surface area contributed by atoms with Crippen LogP contribution in [0.5, 0.6) is 0 Å². The Labute approximate surface area is 143 Å². The molecule has 0 aliphatic rings.